The molecule has 0 fully saturated rings. The van der Waals surface area contributed by atoms with Crippen molar-refractivity contribution in [1.82, 2.24) is 5.32 Å². The zero-order chi connectivity index (χ0) is 12.9. The van der Waals surface area contributed by atoms with Crippen LogP contribution in [-0.4, -0.2) is 40.1 Å². The highest BCUT2D eigenvalue weighted by Crippen LogP contribution is 2.02. The maximum absolute atomic E-state index is 11.3. The number of hydrogen-bond acceptors (Lipinski definition) is 4. The second-order valence-electron chi connectivity index (χ2n) is 3.77. The van der Waals surface area contributed by atoms with Gasteiger partial charge in [0, 0.05) is 0 Å². The molecule has 0 aromatic heterocycles. The molecule has 0 saturated carbocycles. The normalized spacial score (nSPS) is 14.2. The predicted molar refractivity (Wildman–Crippen MR) is 54.6 cm³/mol. The third-order valence-corrected chi connectivity index (χ3v) is 1.96. The van der Waals surface area contributed by atoms with Gasteiger partial charge in [-0.1, -0.05) is 13.8 Å². The van der Waals surface area contributed by atoms with Gasteiger partial charge in [0.15, 0.2) is 0 Å². The van der Waals surface area contributed by atoms with Crippen LogP contribution in [0.3, 0.4) is 0 Å². The molecule has 0 rings (SSSR count). The predicted octanol–water partition coefficient (Wildman–Crippen LogP) is -0.986. The van der Waals surface area contributed by atoms with Gasteiger partial charge < -0.3 is 21.3 Å². The third-order valence-electron chi connectivity index (χ3n) is 1.96. The van der Waals surface area contributed by atoms with E-state index in [1.807, 2.05) is 0 Å². The van der Waals surface area contributed by atoms with E-state index < -0.39 is 36.4 Å². The summed E-state index contributed by atoms with van der Waals surface area (Å²) in [6.45, 7) is 3.25. The van der Waals surface area contributed by atoms with E-state index in [-0.39, 0.29) is 5.92 Å². The molecule has 0 aliphatic heterocycles. The number of rotatable bonds is 6. The first-order valence-corrected chi connectivity index (χ1v) is 4.76. The highest BCUT2D eigenvalue weighted by Gasteiger charge is 2.26. The molecule has 0 bridgehead atoms. The highest BCUT2D eigenvalue weighted by atomic mass is 16.4. The Morgan fingerprint density at radius 1 is 1.25 bits per heavy atom. The van der Waals surface area contributed by atoms with Crippen LogP contribution in [-0.2, 0) is 14.4 Å². The third kappa shape index (κ3) is 4.74. The number of nitrogens with one attached hydrogen (secondary N) is 1. The Morgan fingerprint density at radius 2 is 1.75 bits per heavy atom. The number of aliphatic carboxylic acids is 2. The summed E-state index contributed by atoms with van der Waals surface area (Å²) in [6.07, 6.45) is -0.531. The molecule has 0 saturated heterocycles. The Kier molecular flexibility index (Phi) is 5.44. The molecule has 7 nitrogen and oxygen atoms in total. The van der Waals surface area contributed by atoms with Gasteiger partial charge >= 0.3 is 11.9 Å². The largest absolute Gasteiger partial charge is 0.481 e. The fourth-order valence-corrected chi connectivity index (χ4v) is 1.05. The zero-order valence-corrected chi connectivity index (χ0v) is 9.14. The van der Waals surface area contributed by atoms with Crippen molar-refractivity contribution in [2.45, 2.75) is 32.4 Å². The Bertz CT molecular complexity index is 290. The average Bonchev–Trinajstić information content (AvgIpc) is 2.11. The van der Waals surface area contributed by atoms with Crippen LogP contribution in [0, 0.1) is 5.92 Å². The molecule has 7 heteroatoms. The quantitative estimate of drug-likeness (QED) is 0.465. The number of carbonyl (C=O) groups is 3. The molecule has 0 unspecified atom stereocenters. The van der Waals surface area contributed by atoms with E-state index in [0.29, 0.717) is 0 Å². The minimum absolute atomic E-state index is 0.307. The summed E-state index contributed by atoms with van der Waals surface area (Å²) >= 11 is 0. The monoisotopic (exact) mass is 232 g/mol. The second kappa shape index (κ2) is 6.06. The van der Waals surface area contributed by atoms with Gasteiger partial charge in [0.05, 0.1) is 12.5 Å². The van der Waals surface area contributed by atoms with Crippen LogP contribution >= 0.6 is 0 Å². The van der Waals surface area contributed by atoms with Crippen molar-refractivity contribution >= 4 is 17.8 Å². The Morgan fingerprint density at radius 3 is 2.06 bits per heavy atom. The Labute approximate surface area is 92.6 Å². The van der Waals surface area contributed by atoms with Crippen molar-refractivity contribution in [2.24, 2.45) is 11.7 Å². The molecule has 0 aromatic rings. The summed E-state index contributed by atoms with van der Waals surface area (Å²) in [7, 11) is 0. The molecule has 0 aliphatic rings. The molecular formula is C9H16N2O5. The summed E-state index contributed by atoms with van der Waals surface area (Å²) in [6, 6.07) is -2.30. The smallest absolute Gasteiger partial charge is 0.326 e. The van der Waals surface area contributed by atoms with Crippen LogP contribution in [0.5, 0.6) is 0 Å². The molecule has 0 aliphatic carbocycles. The van der Waals surface area contributed by atoms with Gasteiger partial charge in [0.1, 0.15) is 6.04 Å². The van der Waals surface area contributed by atoms with E-state index in [0.717, 1.165) is 0 Å². The topological polar surface area (TPSA) is 130 Å². The van der Waals surface area contributed by atoms with E-state index >= 15 is 0 Å². The van der Waals surface area contributed by atoms with Crippen molar-refractivity contribution in [3.63, 3.8) is 0 Å². The summed E-state index contributed by atoms with van der Waals surface area (Å²) < 4.78 is 0. The van der Waals surface area contributed by atoms with Crippen LogP contribution in [0.25, 0.3) is 0 Å². The number of hydrogen-bond donors (Lipinski definition) is 4. The van der Waals surface area contributed by atoms with Gasteiger partial charge in [-0.25, -0.2) is 4.79 Å². The number of carboxylic acids is 2. The summed E-state index contributed by atoms with van der Waals surface area (Å²) in [5.74, 6) is -3.47. The van der Waals surface area contributed by atoms with Crippen LogP contribution in [0.2, 0.25) is 0 Å². The second-order valence-corrected chi connectivity index (χ2v) is 3.77. The minimum atomic E-state index is -1.24. The minimum Gasteiger partial charge on any atom is -0.481 e. The van der Waals surface area contributed by atoms with Crippen LogP contribution in [0.15, 0.2) is 0 Å². The fraction of sp³-hybridized carbons (Fsp3) is 0.667. The first-order chi connectivity index (χ1) is 7.25. The summed E-state index contributed by atoms with van der Waals surface area (Å²) in [5.41, 5.74) is 5.28. The van der Waals surface area contributed by atoms with Crippen molar-refractivity contribution in [2.75, 3.05) is 0 Å². The molecule has 0 aromatic carbocycles. The zero-order valence-electron chi connectivity index (χ0n) is 9.14. The van der Waals surface area contributed by atoms with Crippen LogP contribution in [0.1, 0.15) is 20.3 Å². The van der Waals surface area contributed by atoms with E-state index in [1.165, 1.54) is 0 Å². The first-order valence-electron chi connectivity index (χ1n) is 4.76. The molecule has 5 N–H and O–H groups in total. The lowest BCUT2D eigenvalue weighted by Gasteiger charge is -2.19. The number of nitrogens with two attached hydrogens (primary N) is 1. The van der Waals surface area contributed by atoms with Gasteiger partial charge in [0.25, 0.3) is 0 Å². The fourth-order valence-electron chi connectivity index (χ4n) is 1.05. The van der Waals surface area contributed by atoms with Gasteiger partial charge in [-0.05, 0) is 5.92 Å². The Balaban J connectivity index is 4.40. The van der Waals surface area contributed by atoms with Crippen LogP contribution in [0.4, 0.5) is 0 Å². The molecule has 1 amide bonds. The first kappa shape index (κ1) is 14.4. The van der Waals surface area contributed by atoms with Gasteiger partial charge in [-0.15, -0.1) is 0 Å². The highest BCUT2D eigenvalue weighted by molar-refractivity contribution is 5.89. The van der Waals surface area contributed by atoms with E-state index in [2.05, 4.69) is 5.32 Å². The van der Waals surface area contributed by atoms with Crippen molar-refractivity contribution in [3.05, 3.63) is 0 Å². The van der Waals surface area contributed by atoms with Crippen LogP contribution < -0.4 is 11.1 Å². The lowest BCUT2D eigenvalue weighted by Crippen LogP contribution is -2.51. The molecular weight excluding hydrogens is 216 g/mol. The molecule has 2 atom stereocenters. The molecule has 16 heavy (non-hydrogen) atoms. The van der Waals surface area contributed by atoms with E-state index in [9.17, 15) is 14.4 Å². The van der Waals surface area contributed by atoms with Gasteiger partial charge in [0.2, 0.25) is 5.91 Å². The van der Waals surface area contributed by atoms with Gasteiger partial charge in [-0.2, -0.15) is 0 Å². The standard InChI is InChI=1S/C9H16N2O5/c1-4(2)7(9(15)16)11-8(14)5(10)3-6(12)13/h4-5,7H,3,10H2,1-2H3,(H,11,14)(H,12,13)(H,15,16)/t5-,7+/m0/s1. The Hall–Kier alpha value is -1.63. The van der Waals surface area contributed by atoms with Crippen molar-refractivity contribution in [3.8, 4) is 0 Å². The van der Waals surface area contributed by atoms with Gasteiger partial charge in [-0.3, -0.25) is 9.59 Å². The lowest BCUT2D eigenvalue weighted by molar-refractivity contribution is -0.143. The maximum Gasteiger partial charge on any atom is 0.326 e. The lowest BCUT2D eigenvalue weighted by atomic mass is 10.0. The molecule has 0 heterocycles. The van der Waals surface area contributed by atoms with Crippen molar-refractivity contribution in [1.29, 1.82) is 0 Å². The summed E-state index contributed by atoms with van der Waals surface area (Å²) in [4.78, 5) is 32.4. The molecule has 92 valence electrons. The molecule has 0 radical (unpaired) electrons. The SMILES string of the molecule is CC(C)[C@@H](NC(=O)[C@@H](N)CC(=O)O)C(=O)O. The number of carboxylic acid groups (broad SMARTS) is 2. The number of carbonyl (C=O) groups excluding carboxylic acids is 1. The summed E-state index contributed by atoms with van der Waals surface area (Å²) in [5, 5.41) is 19.4. The maximum atomic E-state index is 11.3. The van der Waals surface area contributed by atoms with E-state index in [1.54, 1.807) is 13.8 Å². The van der Waals surface area contributed by atoms with Crippen molar-refractivity contribution < 1.29 is 24.6 Å². The molecule has 0 spiro atoms. The average molecular weight is 232 g/mol. The van der Waals surface area contributed by atoms with E-state index in [4.69, 9.17) is 15.9 Å². The number of amides is 1.